The Balaban J connectivity index is 2.05. The molecule has 0 saturated carbocycles. The van der Waals surface area contributed by atoms with Crippen molar-refractivity contribution in [3.8, 4) is 0 Å². The van der Waals surface area contributed by atoms with Crippen molar-refractivity contribution in [3.63, 3.8) is 0 Å². The van der Waals surface area contributed by atoms with Gasteiger partial charge in [-0.25, -0.2) is 9.50 Å². The van der Waals surface area contributed by atoms with Crippen LogP contribution in [0.4, 0.5) is 0 Å². The van der Waals surface area contributed by atoms with E-state index < -0.39 is 0 Å². The summed E-state index contributed by atoms with van der Waals surface area (Å²) in [6.07, 6.45) is 0.918. The SMILES string of the molecule is CC(C)C1=C(C(C)C)[C@H]2C[C@H](c3nc4ccc(C(C)C)nn4c32)N(C(C)C)C1=O. The lowest BCUT2D eigenvalue weighted by Gasteiger charge is -2.33. The minimum atomic E-state index is 0.0247. The van der Waals surface area contributed by atoms with E-state index in [2.05, 4.69) is 76.9 Å². The Kier molecular flexibility index (Phi) is 4.83. The normalized spacial score (nSPS) is 22.1. The standard InChI is InChI=1S/C24H34N4O/c1-12(2)17-9-10-19-25-22-18-11-16(23(22)28(19)26-17)20(13(3)4)21(14(5)6)24(29)27(18)15(7)8/h9-10,12-16,18H,11H2,1-8H3/t16-,18-/m1/s1. The van der Waals surface area contributed by atoms with Gasteiger partial charge in [-0.3, -0.25) is 4.79 Å². The maximum atomic E-state index is 13.7. The van der Waals surface area contributed by atoms with Gasteiger partial charge in [0.25, 0.3) is 5.91 Å². The molecule has 0 N–H and O–H groups in total. The first-order valence-electron chi connectivity index (χ1n) is 11.1. The third-order valence-electron chi connectivity index (χ3n) is 6.50. The van der Waals surface area contributed by atoms with Gasteiger partial charge < -0.3 is 4.90 Å². The highest BCUT2D eigenvalue weighted by atomic mass is 16.2. The molecular weight excluding hydrogens is 360 g/mol. The molecule has 29 heavy (non-hydrogen) atoms. The minimum absolute atomic E-state index is 0.0247. The van der Waals surface area contributed by atoms with Gasteiger partial charge in [-0.05, 0) is 55.7 Å². The molecule has 0 saturated heterocycles. The number of rotatable bonds is 4. The number of allylic oxidation sites excluding steroid dienone is 1. The number of nitrogens with zero attached hydrogens (tertiary/aromatic N) is 4. The summed E-state index contributed by atoms with van der Waals surface area (Å²) in [5, 5.41) is 4.98. The molecule has 2 aliphatic rings. The van der Waals surface area contributed by atoms with E-state index in [0.717, 1.165) is 29.0 Å². The van der Waals surface area contributed by atoms with E-state index >= 15 is 0 Å². The fourth-order valence-electron chi connectivity index (χ4n) is 5.31. The lowest BCUT2D eigenvalue weighted by molar-refractivity contribution is -0.131. The molecule has 0 spiro atoms. The Morgan fingerprint density at radius 3 is 2.21 bits per heavy atom. The first kappa shape index (κ1) is 20.1. The van der Waals surface area contributed by atoms with Gasteiger partial charge in [0.05, 0.1) is 23.1 Å². The maximum absolute atomic E-state index is 13.7. The number of fused-ring (bicyclic) bond motifs is 7. The smallest absolute Gasteiger partial charge is 0.250 e. The molecule has 2 bridgehead atoms. The third kappa shape index (κ3) is 2.92. The van der Waals surface area contributed by atoms with E-state index in [1.807, 2.05) is 0 Å². The van der Waals surface area contributed by atoms with Crippen LogP contribution in [-0.2, 0) is 4.79 Å². The Bertz CT molecular complexity index is 996. The first-order chi connectivity index (χ1) is 13.6. The van der Waals surface area contributed by atoms with Crippen LogP contribution < -0.4 is 0 Å². The van der Waals surface area contributed by atoms with Crippen LogP contribution in [0.2, 0.25) is 0 Å². The summed E-state index contributed by atoms with van der Waals surface area (Å²) >= 11 is 0. The summed E-state index contributed by atoms with van der Waals surface area (Å²) in [5.74, 6) is 1.26. The molecule has 2 aromatic heterocycles. The number of imidazole rings is 1. The van der Waals surface area contributed by atoms with Crippen molar-refractivity contribution in [1.29, 1.82) is 0 Å². The Morgan fingerprint density at radius 1 is 0.966 bits per heavy atom. The van der Waals surface area contributed by atoms with Crippen LogP contribution in [0.5, 0.6) is 0 Å². The molecule has 1 aliphatic carbocycles. The molecule has 1 amide bonds. The van der Waals surface area contributed by atoms with Crippen LogP contribution in [0.3, 0.4) is 0 Å². The highest BCUT2D eigenvalue weighted by Gasteiger charge is 2.48. The zero-order chi connectivity index (χ0) is 21.2. The molecule has 0 radical (unpaired) electrons. The van der Waals surface area contributed by atoms with Crippen molar-refractivity contribution in [3.05, 3.63) is 40.4 Å². The molecule has 5 nitrogen and oxygen atoms in total. The van der Waals surface area contributed by atoms with Crippen LogP contribution in [0, 0.1) is 11.8 Å². The quantitative estimate of drug-likeness (QED) is 0.712. The van der Waals surface area contributed by atoms with Crippen molar-refractivity contribution in [2.75, 3.05) is 0 Å². The lowest BCUT2D eigenvalue weighted by Crippen LogP contribution is -2.41. The summed E-state index contributed by atoms with van der Waals surface area (Å²) in [4.78, 5) is 20.8. The number of hydrogen-bond acceptors (Lipinski definition) is 3. The Labute approximate surface area is 174 Å². The molecule has 1 aliphatic heterocycles. The molecule has 4 rings (SSSR count). The van der Waals surface area contributed by atoms with E-state index in [9.17, 15) is 4.79 Å². The highest BCUT2D eigenvalue weighted by molar-refractivity contribution is 5.96. The van der Waals surface area contributed by atoms with Gasteiger partial charge in [0, 0.05) is 17.5 Å². The summed E-state index contributed by atoms with van der Waals surface area (Å²) in [5.41, 5.74) is 6.51. The predicted molar refractivity (Wildman–Crippen MR) is 116 cm³/mol. The van der Waals surface area contributed by atoms with Gasteiger partial charge in [0.1, 0.15) is 0 Å². The van der Waals surface area contributed by atoms with Crippen molar-refractivity contribution < 1.29 is 4.79 Å². The largest absolute Gasteiger partial charge is 0.328 e. The number of carbonyl (C=O) groups is 1. The van der Waals surface area contributed by atoms with Gasteiger partial charge in [-0.1, -0.05) is 41.5 Å². The summed E-state index contributed by atoms with van der Waals surface area (Å²) in [6.45, 7) is 17.3. The predicted octanol–water partition coefficient (Wildman–Crippen LogP) is 5.24. The number of carbonyl (C=O) groups excluding carboxylic acids is 1. The van der Waals surface area contributed by atoms with E-state index in [4.69, 9.17) is 10.1 Å². The molecule has 156 valence electrons. The molecular formula is C24H34N4O. The van der Waals surface area contributed by atoms with E-state index in [0.29, 0.717) is 11.8 Å². The van der Waals surface area contributed by atoms with Crippen molar-refractivity contribution in [2.24, 2.45) is 11.8 Å². The van der Waals surface area contributed by atoms with Crippen molar-refractivity contribution in [2.45, 2.75) is 85.7 Å². The zero-order valence-corrected chi connectivity index (χ0v) is 19.0. The Morgan fingerprint density at radius 2 is 1.66 bits per heavy atom. The fraction of sp³-hybridized carbons (Fsp3) is 0.625. The molecule has 5 heteroatoms. The molecule has 3 heterocycles. The summed E-state index contributed by atoms with van der Waals surface area (Å²) in [7, 11) is 0. The monoisotopic (exact) mass is 394 g/mol. The van der Waals surface area contributed by atoms with Crippen molar-refractivity contribution in [1.82, 2.24) is 19.5 Å². The first-order valence-corrected chi connectivity index (χ1v) is 11.1. The van der Waals surface area contributed by atoms with Gasteiger partial charge in [0.2, 0.25) is 0 Å². The van der Waals surface area contributed by atoms with E-state index in [1.54, 1.807) is 0 Å². The number of aromatic nitrogens is 3. The van der Waals surface area contributed by atoms with Gasteiger partial charge in [-0.2, -0.15) is 5.10 Å². The molecule has 2 atom stereocenters. The average molecular weight is 395 g/mol. The zero-order valence-electron chi connectivity index (χ0n) is 19.0. The van der Waals surface area contributed by atoms with Crippen LogP contribution in [0.1, 0.15) is 96.8 Å². The topological polar surface area (TPSA) is 50.5 Å². The maximum Gasteiger partial charge on any atom is 0.250 e. The van der Waals surface area contributed by atoms with Crippen molar-refractivity contribution >= 4 is 11.6 Å². The second-order valence-electron chi connectivity index (χ2n) is 9.85. The molecule has 0 unspecified atom stereocenters. The van der Waals surface area contributed by atoms with Crippen LogP contribution in [0.25, 0.3) is 5.65 Å². The van der Waals surface area contributed by atoms with Gasteiger partial charge >= 0.3 is 0 Å². The van der Waals surface area contributed by atoms with Crippen LogP contribution >= 0.6 is 0 Å². The van der Waals surface area contributed by atoms with E-state index in [1.165, 1.54) is 11.3 Å². The fourth-order valence-corrected chi connectivity index (χ4v) is 5.31. The number of hydrogen-bond donors (Lipinski definition) is 0. The number of amides is 1. The molecule has 2 aromatic rings. The Hall–Kier alpha value is -2.17. The molecule has 0 fully saturated rings. The van der Waals surface area contributed by atoms with Crippen LogP contribution in [-0.4, -0.2) is 31.4 Å². The van der Waals surface area contributed by atoms with E-state index in [-0.39, 0.29) is 29.8 Å². The second kappa shape index (κ2) is 6.96. The molecule has 0 aromatic carbocycles. The highest BCUT2D eigenvalue weighted by Crippen LogP contribution is 2.53. The minimum Gasteiger partial charge on any atom is -0.328 e. The second-order valence-corrected chi connectivity index (χ2v) is 9.85. The summed E-state index contributed by atoms with van der Waals surface area (Å²) in [6, 6.07) is 4.31. The van der Waals surface area contributed by atoms with Gasteiger partial charge in [0.15, 0.2) is 5.65 Å². The lowest BCUT2D eigenvalue weighted by atomic mass is 9.81. The average Bonchev–Trinajstić information content (AvgIpc) is 3.11. The van der Waals surface area contributed by atoms with Gasteiger partial charge in [-0.15, -0.1) is 0 Å². The summed E-state index contributed by atoms with van der Waals surface area (Å²) < 4.78 is 2.07. The third-order valence-corrected chi connectivity index (χ3v) is 6.50. The van der Waals surface area contributed by atoms with Crippen LogP contribution in [0.15, 0.2) is 23.3 Å².